The first-order valence-electron chi connectivity index (χ1n) is 6.84. The molecule has 116 valence electrons. The zero-order valence-electron chi connectivity index (χ0n) is 11.7. The van der Waals surface area contributed by atoms with Crippen LogP contribution in [0.15, 0.2) is 17.5 Å². The summed E-state index contributed by atoms with van der Waals surface area (Å²) in [6, 6.07) is 3.62. The third kappa shape index (κ3) is 3.31. The second-order valence-electron chi connectivity index (χ2n) is 4.82. The number of thiazole rings is 1. The average Bonchev–Trinajstić information content (AvgIpc) is 3.15. The smallest absolute Gasteiger partial charge is 0.267 e. The van der Waals surface area contributed by atoms with E-state index in [1.54, 1.807) is 11.0 Å². The Morgan fingerprint density at radius 3 is 3.05 bits per heavy atom. The molecule has 0 saturated carbocycles. The average molecular weight is 356 g/mol. The number of aromatic nitrogens is 1. The lowest BCUT2D eigenvalue weighted by atomic mass is 10.1. The van der Waals surface area contributed by atoms with E-state index in [-0.39, 0.29) is 11.8 Å². The van der Waals surface area contributed by atoms with E-state index in [9.17, 15) is 9.59 Å². The molecular formula is C14H14ClN3O2S2. The molecule has 2 amide bonds. The number of thiophene rings is 1. The minimum Gasteiger partial charge on any atom is -0.337 e. The molecule has 1 N–H and O–H groups in total. The summed E-state index contributed by atoms with van der Waals surface area (Å²) in [5.74, 6) is 0.266. The molecule has 3 rings (SSSR count). The van der Waals surface area contributed by atoms with E-state index in [0.717, 1.165) is 10.6 Å². The molecule has 3 heterocycles. The predicted molar refractivity (Wildman–Crippen MR) is 88.8 cm³/mol. The lowest BCUT2D eigenvalue weighted by Crippen LogP contribution is -2.35. The summed E-state index contributed by atoms with van der Waals surface area (Å²) in [6.07, 6.45) is 1.08. The van der Waals surface area contributed by atoms with Crippen LogP contribution >= 0.6 is 34.3 Å². The quantitative estimate of drug-likeness (QED) is 0.857. The van der Waals surface area contributed by atoms with E-state index >= 15 is 0 Å². The minimum absolute atomic E-state index is 0.0678. The van der Waals surface area contributed by atoms with Gasteiger partial charge in [-0.05, 0) is 11.4 Å². The molecule has 1 aliphatic rings. The summed E-state index contributed by atoms with van der Waals surface area (Å²) in [7, 11) is 0. The monoisotopic (exact) mass is 355 g/mol. The largest absolute Gasteiger partial charge is 0.337 e. The molecule has 0 spiro atoms. The molecule has 2 aromatic rings. The van der Waals surface area contributed by atoms with Gasteiger partial charge in [0.05, 0.1) is 17.1 Å². The van der Waals surface area contributed by atoms with Gasteiger partial charge in [0, 0.05) is 30.1 Å². The van der Waals surface area contributed by atoms with Gasteiger partial charge in [0.1, 0.15) is 0 Å². The third-order valence-corrected chi connectivity index (χ3v) is 5.41. The molecule has 0 saturated heterocycles. The molecule has 0 fully saturated rings. The first-order valence-corrected chi connectivity index (χ1v) is 9.07. The Hall–Kier alpha value is -1.44. The normalized spacial score (nSPS) is 13.8. The fourth-order valence-electron chi connectivity index (χ4n) is 2.27. The van der Waals surface area contributed by atoms with Crippen LogP contribution in [0.2, 0.25) is 0 Å². The molecule has 2 aromatic heterocycles. The molecule has 0 unspecified atom stereocenters. The van der Waals surface area contributed by atoms with E-state index < -0.39 is 0 Å². The van der Waals surface area contributed by atoms with E-state index in [1.807, 2.05) is 11.4 Å². The van der Waals surface area contributed by atoms with E-state index in [0.29, 0.717) is 41.8 Å². The fourth-order valence-corrected chi connectivity index (χ4v) is 4.07. The van der Waals surface area contributed by atoms with Crippen molar-refractivity contribution in [3.05, 3.63) is 33.0 Å². The highest BCUT2D eigenvalue weighted by Gasteiger charge is 2.24. The molecule has 8 heteroatoms. The number of hydrogen-bond donors (Lipinski definition) is 1. The van der Waals surface area contributed by atoms with Crippen molar-refractivity contribution in [2.45, 2.75) is 19.4 Å². The molecule has 0 aromatic carbocycles. The number of alkyl halides is 1. The first-order chi connectivity index (χ1) is 10.7. The van der Waals surface area contributed by atoms with E-state index in [2.05, 4.69) is 10.3 Å². The Kier molecular flexibility index (Phi) is 4.75. The van der Waals surface area contributed by atoms with Gasteiger partial charge in [-0.15, -0.1) is 22.9 Å². The van der Waals surface area contributed by atoms with E-state index in [4.69, 9.17) is 11.6 Å². The van der Waals surface area contributed by atoms with Crippen molar-refractivity contribution < 1.29 is 9.59 Å². The molecule has 0 bridgehead atoms. The molecule has 22 heavy (non-hydrogen) atoms. The minimum atomic E-state index is -0.142. The summed E-state index contributed by atoms with van der Waals surface area (Å²) >= 11 is 8.45. The lowest BCUT2D eigenvalue weighted by molar-refractivity contribution is -0.131. The van der Waals surface area contributed by atoms with Crippen molar-refractivity contribution in [1.29, 1.82) is 0 Å². The maximum atomic E-state index is 12.0. The fraction of sp³-hybridized carbons (Fsp3) is 0.357. The van der Waals surface area contributed by atoms with Crippen molar-refractivity contribution in [2.24, 2.45) is 0 Å². The van der Waals surface area contributed by atoms with Crippen LogP contribution in [0.3, 0.4) is 0 Å². The van der Waals surface area contributed by atoms with Crippen molar-refractivity contribution in [1.82, 2.24) is 9.88 Å². The van der Waals surface area contributed by atoms with Gasteiger partial charge in [-0.2, -0.15) is 0 Å². The number of nitrogens with zero attached hydrogens (tertiary/aromatic N) is 2. The summed E-state index contributed by atoms with van der Waals surface area (Å²) in [4.78, 5) is 31.9. The number of amides is 2. The topological polar surface area (TPSA) is 62.3 Å². The van der Waals surface area contributed by atoms with Crippen LogP contribution in [0.5, 0.6) is 0 Å². The zero-order chi connectivity index (χ0) is 15.5. The summed E-state index contributed by atoms with van der Waals surface area (Å²) < 4.78 is 0. The standard InChI is InChI=1S/C14H14ClN3O2S2/c15-5-3-12(19)18-6-4-9-11(8-18)22-14(16-9)17-13(20)10-2-1-7-21-10/h1-2,7H,3-6,8H2,(H,16,17,20). The Labute approximate surface area is 140 Å². The zero-order valence-corrected chi connectivity index (χ0v) is 14.1. The predicted octanol–water partition coefficient (Wildman–Crippen LogP) is 2.97. The van der Waals surface area contributed by atoms with Crippen LogP contribution in [0.4, 0.5) is 5.13 Å². The number of nitrogens with one attached hydrogen (secondary N) is 1. The summed E-state index contributed by atoms with van der Waals surface area (Å²) in [6.45, 7) is 1.21. The number of fused-ring (bicyclic) bond motifs is 1. The molecule has 1 aliphatic heterocycles. The number of halogens is 1. The number of anilines is 1. The molecular weight excluding hydrogens is 342 g/mol. The van der Waals surface area contributed by atoms with E-state index in [1.165, 1.54) is 22.7 Å². The van der Waals surface area contributed by atoms with Gasteiger partial charge < -0.3 is 4.90 Å². The Morgan fingerprint density at radius 2 is 2.32 bits per heavy atom. The van der Waals surface area contributed by atoms with Crippen LogP contribution in [-0.4, -0.2) is 34.1 Å². The van der Waals surface area contributed by atoms with Gasteiger partial charge in [0.2, 0.25) is 5.91 Å². The first kappa shape index (κ1) is 15.5. The van der Waals surface area contributed by atoms with Crippen molar-refractivity contribution in [3.8, 4) is 0 Å². The SMILES string of the molecule is O=C(Nc1nc2c(s1)CN(C(=O)CCCl)CC2)c1cccs1. The number of rotatable bonds is 4. The molecule has 0 atom stereocenters. The molecule has 5 nitrogen and oxygen atoms in total. The molecule has 0 radical (unpaired) electrons. The number of carbonyl (C=O) groups is 2. The van der Waals surface area contributed by atoms with Crippen LogP contribution < -0.4 is 5.32 Å². The highest BCUT2D eigenvalue weighted by molar-refractivity contribution is 7.16. The lowest BCUT2D eigenvalue weighted by Gasteiger charge is -2.25. The van der Waals surface area contributed by atoms with Crippen molar-refractivity contribution in [3.63, 3.8) is 0 Å². The van der Waals surface area contributed by atoms with Crippen LogP contribution in [0.25, 0.3) is 0 Å². The Balaban J connectivity index is 1.68. The summed E-state index contributed by atoms with van der Waals surface area (Å²) in [5.41, 5.74) is 0.974. The van der Waals surface area contributed by atoms with Gasteiger partial charge >= 0.3 is 0 Å². The van der Waals surface area contributed by atoms with Gasteiger partial charge in [0.25, 0.3) is 5.91 Å². The third-order valence-electron chi connectivity index (χ3n) is 3.36. The van der Waals surface area contributed by atoms with Gasteiger partial charge in [-0.25, -0.2) is 4.98 Å². The second-order valence-corrected chi connectivity index (χ2v) is 7.23. The van der Waals surface area contributed by atoms with Gasteiger partial charge in [-0.3, -0.25) is 14.9 Å². The second kappa shape index (κ2) is 6.76. The van der Waals surface area contributed by atoms with Gasteiger partial charge in [-0.1, -0.05) is 17.4 Å². The summed E-state index contributed by atoms with van der Waals surface area (Å²) in [5, 5.41) is 5.28. The van der Waals surface area contributed by atoms with Crippen molar-refractivity contribution in [2.75, 3.05) is 17.7 Å². The van der Waals surface area contributed by atoms with Crippen LogP contribution in [0.1, 0.15) is 26.7 Å². The van der Waals surface area contributed by atoms with Crippen LogP contribution in [0, 0.1) is 0 Å². The van der Waals surface area contributed by atoms with Crippen molar-refractivity contribution >= 4 is 51.2 Å². The Morgan fingerprint density at radius 1 is 1.45 bits per heavy atom. The Bertz CT molecular complexity index is 684. The molecule has 0 aliphatic carbocycles. The number of hydrogen-bond acceptors (Lipinski definition) is 5. The maximum Gasteiger partial charge on any atom is 0.267 e. The highest BCUT2D eigenvalue weighted by atomic mass is 35.5. The highest BCUT2D eigenvalue weighted by Crippen LogP contribution is 2.29. The van der Waals surface area contributed by atoms with Gasteiger partial charge in [0.15, 0.2) is 5.13 Å². The van der Waals surface area contributed by atoms with Crippen LogP contribution in [-0.2, 0) is 17.8 Å². The maximum absolute atomic E-state index is 12.0. The number of carbonyl (C=O) groups excluding carboxylic acids is 2.